The van der Waals surface area contributed by atoms with Crippen LogP contribution in [0.4, 0.5) is 0 Å². The Morgan fingerprint density at radius 3 is 2.64 bits per heavy atom. The van der Waals surface area contributed by atoms with E-state index < -0.39 is 0 Å². The van der Waals surface area contributed by atoms with E-state index in [4.69, 9.17) is 5.73 Å². The molecule has 1 fully saturated rings. The van der Waals surface area contributed by atoms with Gasteiger partial charge in [0, 0.05) is 6.04 Å². The predicted octanol–water partition coefficient (Wildman–Crippen LogP) is 3.07. The van der Waals surface area contributed by atoms with E-state index in [2.05, 4.69) is 20.9 Å². The fourth-order valence-corrected chi connectivity index (χ4v) is 2.01. The van der Waals surface area contributed by atoms with Gasteiger partial charge in [-0.3, -0.25) is 0 Å². The van der Waals surface area contributed by atoms with Gasteiger partial charge in [-0.25, -0.2) is 4.98 Å². The molecule has 0 saturated heterocycles. The summed E-state index contributed by atoms with van der Waals surface area (Å²) in [5, 5.41) is 0. The first-order valence-electron chi connectivity index (χ1n) is 4.65. The van der Waals surface area contributed by atoms with Crippen LogP contribution >= 0.6 is 28.3 Å². The average Bonchev–Trinajstić information content (AvgIpc) is 2.01. The van der Waals surface area contributed by atoms with Gasteiger partial charge in [-0.1, -0.05) is 12.5 Å². The molecule has 1 aromatic heterocycles. The van der Waals surface area contributed by atoms with Crippen LogP contribution in [0.5, 0.6) is 0 Å². The summed E-state index contributed by atoms with van der Waals surface area (Å²) in [6.07, 6.45) is 3.84. The zero-order valence-electron chi connectivity index (χ0n) is 7.82. The first kappa shape index (κ1) is 12.0. The minimum atomic E-state index is 0. The largest absolute Gasteiger partial charge is 0.322 e. The molecule has 1 heterocycles. The Morgan fingerprint density at radius 2 is 2.14 bits per heavy atom. The van der Waals surface area contributed by atoms with Crippen molar-refractivity contribution in [1.29, 1.82) is 0 Å². The number of hydrogen-bond acceptors (Lipinski definition) is 2. The summed E-state index contributed by atoms with van der Waals surface area (Å²) >= 11 is 3.35. The zero-order chi connectivity index (χ0) is 9.26. The molecule has 0 unspecified atom stereocenters. The molecule has 2 nitrogen and oxygen atoms in total. The van der Waals surface area contributed by atoms with Crippen molar-refractivity contribution in [2.45, 2.75) is 25.3 Å². The number of nitrogens with zero attached hydrogens (tertiary/aromatic N) is 1. The van der Waals surface area contributed by atoms with E-state index in [0.717, 1.165) is 10.3 Å². The van der Waals surface area contributed by atoms with Crippen LogP contribution in [0.25, 0.3) is 0 Å². The van der Waals surface area contributed by atoms with Gasteiger partial charge in [0.05, 0.1) is 5.69 Å². The quantitative estimate of drug-likeness (QED) is 0.844. The van der Waals surface area contributed by atoms with Gasteiger partial charge in [0.15, 0.2) is 0 Å². The summed E-state index contributed by atoms with van der Waals surface area (Å²) in [5.74, 6) is 0.654. The normalized spacial score (nSPS) is 18.1. The maximum Gasteiger partial charge on any atom is 0.106 e. The lowest BCUT2D eigenvalue weighted by molar-refractivity contribution is 0.261. The molecular formula is C10H14BrClN2. The summed E-state index contributed by atoms with van der Waals surface area (Å²) in [6.45, 7) is 0. The topological polar surface area (TPSA) is 38.9 Å². The van der Waals surface area contributed by atoms with Gasteiger partial charge in [-0.05, 0) is 46.8 Å². The predicted molar refractivity (Wildman–Crippen MR) is 63.5 cm³/mol. The van der Waals surface area contributed by atoms with Gasteiger partial charge in [0.25, 0.3) is 0 Å². The molecule has 78 valence electrons. The number of aromatic nitrogens is 1. The highest BCUT2D eigenvalue weighted by atomic mass is 79.9. The van der Waals surface area contributed by atoms with E-state index in [9.17, 15) is 0 Å². The van der Waals surface area contributed by atoms with Gasteiger partial charge >= 0.3 is 0 Å². The molecule has 0 radical (unpaired) electrons. The van der Waals surface area contributed by atoms with Crippen molar-refractivity contribution in [3.05, 3.63) is 28.5 Å². The molecule has 0 bridgehead atoms. The molecule has 14 heavy (non-hydrogen) atoms. The van der Waals surface area contributed by atoms with Crippen LogP contribution in [-0.4, -0.2) is 4.98 Å². The Hall–Kier alpha value is -0.120. The highest BCUT2D eigenvalue weighted by Crippen LogP contribution is 2.35. The molecule has 0 amide bonds. The smallest absolute Gasteiger partial charge is 0.106 e. The highest BCUT2D eigenvalue weighted by Gasteiger charge is 2.26. The van der Waals surface area contributed by atoms with Crippen LogP contribution in [0, 0.1) is 5.92 Å². The molecular weight excluding hydrogens is 263 g/mol. The van der Waals surface area contributed by atoms with Gasteiger partial charge < -0.3 is 5.73 Å². The van der Waals surface area contributed by atoms with Crippen molar-refractivity contribution < 1.29 is 0 Å². The van der Waals surface area contributed by atoms with Crippen molar-refractivity contribution in [2.24, 2.45) is 11.7 Å². The van der Waals surface area contributed by atoms with Crippen LogP contribution in [0.1, 0.15) is 31.0 Å². The van der Waals surface area contributed by atoms with Crippen molar-refractivity contribution in [3.63, 3.8) is 0 Å². The second-order valence-electron chi connectivity index (χ2n) is 3.60. The number of halogens is 2. The Bertz CT molecular complexity index is 302. The summed E-state index contributed by atoms with van der Waals surface area (Å²) < 4.78 is 0.875. The van der Waals surface area contributed by atoms with Crippen molar-refractivity contribution in [1.82, 2.24) is 4.98 Å². The molecule has 0 aromatic carbocycles. The van der Waals surface area contributed by atoms with Crippen molar-refractivity contribution >= 4 is 28.3 Å². The number of pyridine rings is 1. The monoisotopic (exact) mass is 276 g/mol. The van der Waals surface area contributed by atoms with Gasteiger partial charge in [0.1, 0.15) is 4.60 Å². The standard InChI is InChI=1S/C10H13BrN2.ClH/c11-9-6-2-5-8(13-9)10(12)7-3-1-4-7;/h2,5-7,10H,1,3-4,12H2;1H/t10-;/m0./s1. The van der Waals surface area contributed by atoms with E-state index >= 15 is 0 Å². The third kappa shape index (κ3) is 2.47. The average molecular weight is 278 g/mol. The minimum absolute atomic E-state index is 0. The summed E-state index contributed by atoms with van der Waals surface area (Å²) in [6, 6.07) is 6.06. The van der Waals surface area contributed by atoms with E-state index in [-0.39, 0.29) is 18.4 Å². The molecule has 2 N–H and O–H groups in total. The minimum Gasteiger partial charge on any atom is -0.322 e. The molecule has 0 aliphatic heterocycles. The third-order valence-corrected chi connectivity index (χ3v) is 3.18. The lowest BCUT2D eigenvalue weighted by Crippen LogP contribution is -2.27. The van der Waals surface area contributed by atoms with E-state index in [1.165, 1.54) is 19.3 Å². The molecule has 1 atom stereocenters. The molecule has 1 aliphatic carbocycles. The Morgan fingerprint density at radius 1 is 1.43 bits per heavy atom. The Kier molecular flexibility index (Phi) is 4.35. The van der Waals surface area contributed by atoms with Gasteiger partial charge in [-0.2, -0.15) is 0 Å². The summed E-state index contributed by atoms with van der Waals surface area (Å²) in [4.78, 5) is 4.37. The molecule has 0 spiro atoms. The number of nitrogens with two attached hydrogens (primary N) is 1. The van der Waals surface area contributed by atoms with Crippen molar-refractivity contribution in [2.75, 3.05) is 0 Å². The maximum absolute atomic E-state index is 6.09. The van der Waals surface area contributed by atoms with Crippen LogP contribution in [0.15, 0.2) is 22.8 Å². The van der Waals surface area contributed by atoms with E-state index in [0.29, 0.717) is 5.92 Å². The lowest BCUT2D eigenvalue weighted by Gasteiger charge is -2.30. The number of rotatable bonds is 2. The first-order valence-corrected chi connectivity index (χ1v) is 5.45. The summed E-state index contributed by atoms with van der Waals surface area (Å²) in [7, 11) is 0. The van der Waals surface area contributed by atoms with Crippen LogP contribution in [-0.2, 0) is 0 Å². The Balaban J connectivity index is 0.000000980. The zero-order valence-corrected chi connectivity index (χ0v) is 10.2. The molecule has 1 saturated carbocycles. The second kappa shape index (κ2) is 5.10. The van der Waals surface area contributed by atoms with E-state index in [1.807, 2.05) is 18.2 Å². The molecule has 1 aromatic rings. The molecule has 4 heteroatoms. The van der Waals surface area contributed by atoms with Crippen LogP contribution < -0.4 is 5.73 Å². The summed E-state index contributed by atoms with van der Waals surface area (Å²) in [5.41, 5.74) is 7.10. The molecule has 1 aliphatic rings. The van der Waals surface area contributed by atoms with E-state index in [1.54, 1.807) is 0 Å². The fraction of sp³-hybridized carbons (Fsp3) is 0.500. The lowest BCUT2D eigenvalue weighted by atomic mass is 9.79. The Labute approximate surface area is 98.8 Å². The maximum atomic E-state index is 6.09. The SMILES string of the molecule is Cl.N[C@H](c1cccc(Br)n1)C1CCC1. The highest BCUT2D eigenvalue weighted by molar-refractivity contribution is 9.10. The van der Waals surface area contributed by atoms with Crippen LogP contribution in [0.3, 0.4) is 0 Å². The first-order chi connectivity index (χ1) is 6.27. The van der Waals surface area contributed by atoms with Gasteiger partial charge in [-0.15, -0.1) is 12.4 Å². The second-order valence-corrected chi connectivity index (χ2v) is 4.41. The fourth-order valence-electron chi connectivity index (χ4n) is 1.65. The molecule has 2 rings (SSSR count). The van der Waals surface area contributed by atoms with Crippen molar-refractivity contribution in [3.8, 4) is 0 Å². The number of hydrogen-bond donors (Lipinski definition) is 1. The van der Waals surface area contributed by atoms with Gasteiger partial charge in [0.2, 0.25) is 0 Å². The van der Waals surface area contributed by atoms with Crippen LogP contribution in [0.2, 0.25) is 0 Å². The third-order valence-electron chi connectivity index (χ3n) is 2.74.